The van der Waals surface area contributed by atoms with Crippen molar-refractivity contribution in [2.24, 2.45) is 0 Å². The fraction of sp³-hybridized carbons (Fsp3) is 0.200. The van der Waals surface area contributed by atoms with Crippen LogP contribution < -0.4 is 8.35 Å². The number of hydrogen-bond donors (Lipinski definition) is 1. The molecule has 2 nitrogen and oxygen atoms in total. The van der Waals surface area contributed by atoms with E-state index in [-0.39, 0.29) is 27.0 Å². The summed E-state index contributed by atoms with van der Waals surface area (Å²) >= 11 is -0.308. The number of benzene rings is 2. The summed E-state index contributed by atoms with van der Waals surface area (Å²) in [7, 11) is 0. The fourth-order valence-corrected chi connectivity index (χ4v) is 3.84. The number of hydrogen-bond acceptors (Lipinski definition) is 2. The first-order chi connectivity index (χ1) is 8.84. The Hall–Kier alpha value is -1.01. The Balaban J connectivity index is 1.71. The third kappa shape index (κ3) is 4.70. The summed E-state index contributed by atoms with van der Waals surface area (Å²) in [6, 6.07) is 20.0. The van der Waals surface area contributed by atoms with E-state index in [4.69, 9.17) is 4.74 Å². The molecule has 1 unspecified atom stereocenters. The number of para-hydroxylation sites is 1. The molecule has 0 spiro atoms. The molecule has 0 aromatic heterocycles. The second-order valence-electron chi connectivity index (χ2n) is 3.90. The van der Waals surface area contributed by atoms with Gasteiger partial charge in [-0.05, 0) is 0 Å². The van der Waals surface area contributed by atoms with Gasteiger partial charge in [0.15, 0.2) is 0 Å². The summed E-state index contributed by atoms with van der Waals surface area (Å²) in [6.07, 6.45) is -0.368. The van der Waals surface area contributed by atoms with E-state index >= 15 is 0 Å². The molecule has 3 heteroatoms. The summed E-state index contributed by atoms with van der Waals surface area (Å²) in [6.45, 7) is 0.377. The normalized spacial score (nSPS) is 12.1. The summed E-state index contributed by atoms with van der Waals surface area (Å²) in [4.78, 5) is 0. The molecule has 0 bridgehead atoms. The molecule has 0 amide bonds. The predicted octanol–water partition coefficient (Wildman–Crippen LogP) is 1.87. The number of ether oxygens (including phenoxy) is 1. The van der Waals surface area contributed by atoms with Gasteiger partial charge >= 0.3 is 118 Å². The van der Waals surface area contributed by atoms with Gasteiger partial charge in [0.2, 0.25) is 0 Å². The van der Waals surface area contributed by atoms with E-state index in [2.05, 4.69) is 12.1 Å². The quantitative estimate of drug-likeness (QED) is 0.802. The Bertz CT molecular complexity index is 401. The molecular weight excluding hydrogens is 340 g/mol. The maximum absolute atomic E-state index is 9.88. The van der Waals surface area contributed by atoms with Crippen molar-refractivity contribution < 1.29 is 9.84 Å². The minimum atomic E-state index is -0.368. The molecule has 0 saturated heterocycles. The van der Waals surface area contributed by atoms with E-state index in [1.165, 1.54) is 3.61 Å². The monoisotopic (exact) mass is 358 g/mol. The van der Waals surface area contributed by atoms with Crippen LogP contribution in [-0.2, 0) is 0 Å². The summed E-state index contributed by atoms with van der Waals surface area (Å²) in [5, 5.41) is 9.88. The summed E-state index contributed by atoms with van der Waals surface area (Å²) < 4.78 is 7.75. The molecule has 0 saturated carbocycles. The van der Waals surface area contributed by atoms with Gasteiger partial charge in [0, 0.05) is 0 Å². The Morgan fingerprint density at radius 1 is 0.944 bits per heavy atom. The zero-order valence-electron chi connectivity index (χ0n) is 10.0. The van der Waals surface area contributed by atoms with Gasteiger partial charge in [-0.2, -0.15) is 0 Å². The molecule has 0 heterocycles. The molecule has 94 valence electrons. The van der Waals surface area contributed by atoms with Crippen molar-refractivity contribution in [1.82, 2.24) is 0 Å². The van der Waals surface area contributed by atoms with Crippen LogP contribution in [0, 0.1) is 0 Å². The average Bonchev–Trinajstić information content (AvgIpc) is 2.45. The SMILES string of the molecule is OC(COc1ccccc1)C[Te]c1ccccc1. The molecule has 0 radical (unpaired) electrons. The van der Waals surface area contributed by atoms with Crippen LogP contribution in [0.5, 0.6) is 5.75 Å². The Labute approximate surface area is 118 Å². The van der Waals surface area contributed by atoms with Crippen LogP contribution in [0.3, 0.4) is 0 Å². The van der Waals surface area contributed by atoms with E-state index in [1.807, 2.05) is 48.5 Å². The molecular formula is C15H16O2Te. The topological polar surface area (TPSA) is 29.5 Å². The molecule has 2 aromatic carbocycles. The van der Waals surface area contributed by atoms with Gasteiger partial charge in [0.25, 0.3) is 0 Å². The minimum absolute atomic E-state index is 0.308. The van der Waals surface area contributed by atoms with Crippen LogP contribution in [-0.4, -0.2) is 38.7 Å². The van der Waals surface area contributed by atoms with Crippen molar-refractivity contribution >= 4 is 24.5 Å². The van der Waals surface area contributed by atoms with Crippen LogP contribution >= 0.6 is 0 Å². The van der Waals surface area contributed by atoms with E-state index in [1.54, 1.807) is 0 Å². The van der Waals surface area contributed by atoms with Gasteiger partial charge < -0.3 is 0 Å². The zero-order valence-corrected chi connectivity index (χ0v) is 12.4. The van der Waals surface area contributed by atoms with Gasteiger partial charge in [-0.3, -0.25) is 0 Å². The summed E-state index contributed by atoms with van der Waals surface area (Å²) in [5.41, 5.74) is 0. The standard InChI is InChI=1S/C15H16O2Te/c16-13(11-17-14-7-3-1-4-8-14)12-18-15-9-5-2-6-10-15/h1-10,13,16H,11-12H2. The number of aliphatic hydroxyl groups is 1. The van der Waals surface area contributed by atoms with Crippen molar-refractivity contribution in [3.63, 3.8) is 0 Å². The van der Waals surface area contributed by atoms with Crippen LogP contribution in [0.2, 0.25) is 4.47 Å². The first-order valence-corrected chi connectivity index (χ1v) is 8.69. The van der Waals surface area contributed by atoms with Crippen molar-refractivity contribution in [1.29, 1.82) is 0 Å². The zero-order chi connectivity index (χ0) is 12.6. The molecule has 0 fully saturated rings. The third-order valence-corrected chi connectivity index (χ3v) is 5.67. The van der Waals surface area contributed by atoms with Gasteiger partial charge in [0.05, 0.1) is 0 Å². The predicted molar refractivity (Wildman–Crippen MR) is 74.6 cm³/mol. The molecule has 0 aliphatic heterocycles. The molecule has 18 heavy (non-hydrogen) atoms. The van der Waals surface area contributed by atoms with Gasteiger partial charge in [-0.1, -0.05) is 0 Å². The second kappa shape index (κ2) is 7.43. The van der Waals surface area contributed by atoms with Crippen molar-refractivity contribution in [3.8, 4) is 5.75 Å². The van der Waals surface area contributed by atoms with Gasteiger partial charge in [-0.15, -0.1) is 0 Å². The Morgan fingerprint density at radius 2 is 1.56 bits per heavy atom. The first-order valence-electron chi connectivity index (χ1n) is 5.88. The van der Waals surface area contributed by atoms with E-state index in [9.17, 15) is 5.11 Å². The number of rotatable bonds is 6. The van der Waals surface area contributed by atoms with E-state index in [0.29, 0.717) is 6.61 Å². The van der Waals surface area contributed by atoms with E-state index in [0.717, 1.165) is 10.2 Å². The first kappa shape index (κ1) is 13.4. The van der Waals surface area contributed by atoms with Crippen LogP contribution in [0.25, 0.3) is 0 Å². The van der Waals surface area contributed by atoms with Crippen molar-refractivity contribution in [2.45, 2.75) is 10.6 Å². The molecule has 1 atom stereocenters. The Kier molecular flexibility index (Phi) is 5.54. The second-order valence-corrected chi connectivity index (χ2v) is 7.02. The molecule has 0 aliphatic rings. The molecule has 0 aliphatic carbocycles. The maximum atomic E-state index is 9.88. The average molecular weight is 356 g/mol. The van der Waals surface area contributed by atoms with Gasteiger partial charge in [0.1, 0.15) is 0 Å². The molecule has 1 N–H and O–H groups in total. The van der Waals surface area contributed by atoms with Crippen LogP contribution in [0.1, 0.15) is 0 Å². The van der Waals surface area contributed by atoms with E-state index < -0.39 is 0 Å². The third-order valence-electron chi connectivity index (χ3n) is 2.37. The molecule has 2 rings (SSSR count). The Morgan fingerprint density at radius 3 is 2.22 bits per heavy atom. The van der Waals surface area contributed by atoms with Crippen molar-refractivity contribution in [3.05, 3.63) is 60.7 Å². The van der Waals surface area contributed by atoms with Gasteiger partial charge in [-0.25, -0.2) is 0 Å². The van der Waals surface area contributed by atoms with Crippen LogP contribution in [0.15, 0.2) is 60.7 Å². The van der Waals surface area contributed by atoms with Crippen molar-refractivity contribution in [2.75, 3.05) is 6.61 Å². The fourth-order valence-electron chi connectivity index (χ4n) is 1.47. The molecule has 2 aromatic rings. The van der Waals surface area contributed by atoms with Crippen LogP contribution in [0.4, 0.5) is 0 Å². The summed E-state index contributed by atoms with van der Waals surface area (Å²) in [5.74, 6) is 0.817. The number of aliphatic hydroxyl groups excluding tert-OH is 1.